The summed E-state index contributed by atoms with van der Waals surface area (Å²) in [5, 5.41) is 7.00. The van der Waals surface area contributed by atoms with Crippen molar-refractivity contribution in [2.75, 3.05) is 14.2 Å². The Bertz CT molecular complexity index is 63.4. The Morgan fingerprint density at radius 3 is 1.56 bits per heavy atom. The maximum absolute atomic E-state index is 8.95. The van der Waals surface area contributed by atoms with E-state index in [4.69, 9.17) is 19.5 Å². The van der Waals surface area contributed by atoms with Crippen molar-refractivity contribution in [3.63, 3.8) is 0 Å². The van der Waals surface area contributed by atoms with Crippen LogP contribution < -0.4 is 0 Å². The summed E-state index contributed by atoms with van der Waals surface area (Å²) in [5.74, 6) is 0. The molecule has 0 saturated heterocycles. The summed E-state index contributed by atoms with van der Waals surface area (Å²) in [6.07, 6.45) is 0.250. The molecular formula is C4H8O5. The normalized spacial score (nSPS) is 3.89. The zero-order valence-corrected chi connectivity index (χ0v) is 5.16. The molecule has 0 radical (unpaired) electrons. The summed E-state index contributed by atoms with van der Waals surface area (Å²) < 4.78 is 3.86. The van der Waals surface area contributed by atoms with Gasteiger partial charge in [-0.15, -0.1) is 0 Å². The first-order valence-electron chi connectivity index (χ1n) is 1.74. The van der Waals surface area contributed by atoms with Crippen LogP contribution in [0.2, 0.25) is 0 Å². The van der Waals surface area contributed by atoms with Gasteiger partial charge in [-0.1, -0.05) is 0 Å². The van der Waals surface area contributed by atoms with E-state index < -0.39 is 0 Å². The zero-order valence-electron chi connectivity index (χ0n) is 5.16. The van der Waals surface area contributed by atoms with Crippen LogP contribution in [-0.4, -0.2) is 31.9 Å². The second kappa shape index (κ2) is 70.2. The molecule has 0 unspecified atom stereocenters. The summed E-state index contributed by atoms with van der Waals surface area (Å²) in [7, 11) is 2.31. The van der Waals surface area contributed by atoms with Crippen LogP contribution in [0.1, 0.15) is 0 Å². The first-order valence-corrected chi connectivity index (χ1v) is 1.74. The fraction of sp³-hybridized carbons (Fsp3) is 0.500. The van der Waals surface area contributed by atoms with E-state index in [9.17, 15) is 0 Å². The highest BCUT2D eigenvalue weighted by Crippen LogP contribution is 1.35. The molecule has 0 saturated carbocycles. The first-order chi connectivity index (χ1) is 4.33. The van der Waals surface area contributed by atoms with Crippen molar-refractivity contribution in [3.8, 4) is 0 Å². The number of carbonyl (C=O) groups is 1. The molecule has 0 aromatic carbocycles. The third kappa shape index (κ3) is 4360. The molecule has 54 valence electrons. The number of hydrogen-bond acceptors (Lipinski definition) is 5. The Morgan fingerprint density at radius 2 is 1.56 bits per heavy atom. The van der Waals surface area contributed by atoms with Gasteiger partial charge in [0.1, 0.15) is 0 Å². The Kier molecular flexibility index (Phi) is 122. The minimum atomic E-state index is 0.250. The van der Waals surface area contributed by atoms with E-state index in [1.165, 1.54) is 7.11 Å². The van der Waals surface area contributed by atoms with Crippen LogP contribution in [0.4, 0.5) is 0 Å². The SMILES string of the molecule is CO.COC=O.O=C=O. The molecule has 0 aliphatic heterocycles. The fourth-order valence-corrected chi connectivity index (χ4v) is 0. The van der Waals surface area contributed by atoms with Crippen LogP contribution in [0.5, 0.6) is 0 Å². The molecule has 0 fully saturated rings. The summed E-state index contributed by atoms with van der Waals surface area (Å²) in [5.41, 5.74) is 0. The van der Waals surface area contributed by atoms with Gasteiger partial charge in [0, 0.05) is 7.11 Å². The average Bonchev–Trinajstić information content (AvgIpc) is 1.94. The number of ether oxygens (including phenoxy) is 1. The molecule has 9 heavy (non-hydrogen) atoms. The predicted molar refractivity (Wildman–Crippen MR) is 26.2 cm³/mol. The van der Waals surface area contributed by atoms with Crippen molar-refractivity contribution >= 4 is 12.6 Å². The van der Waals surface area contributed by atoms with E-state index in [0.29, 0.717) is 6.47 Å². The molecule has 0 spiro atoms. The summed E-state index contributed by atoms with van der Waals surface area (Å²) in [6, 6.07) is 0. The number of rotatable bonds is 1. The van der Waals surface area contributed by atoms with Crippen molar-refractivity contribution in [2.45, 2.75) is 0 Å². The van der Waals surface area contributed by atoms with Gasteiger partial charge < -0.3 is 9.84 Å². The first kappa shape index (κ1) is 15.7. The molecule has 0 bridgehead atoms. The highest BCUT2D eigenvalue weighted by Gasteiger charge is 1.44. The average molecular weight is 136 g/mol. The number of carbonyl (C=O) groups excluding carboxylic acids is 3. The lowest BCUT2D eigenvalue weighted by molar-refractivity contribution is -0.191. The molecule has 0 atom stereocenters. The van der Waals surface area contributed by atoms with Crippen LogP contribution in [0.15, 0.2) is 0 Å². The van der Waals surface area contributed by atoms with E-state index in [2.05, 4.69) is 4.74 Å². The van der Waals surface area contributed by atoms with Crippen molar-refractivity contribution in [3.05, 3.63) is 0 Å². The topological polar surface area (TPSA) is 80.7 Å². The van der Waals surface area contributed by atoms with E-state index in [1.807, 2.05) is 0 Å². The van der Waals surface area contributed by atoms with Gasteiger partial charge in [0.2, 0.25) is 0 Å². The van der Waals surface area contributed by atoms with Gasteiger partial charge in [0.25, 0.3) is 6.47 Å². The molecule has 1 N–H and O–H groups in total. The number of aliphatic hydroxyl groups excluding tert-OH is 1. The summed E-state index contributed by atoms with van der Waals surface area (Å²) >= 11 is 0. The maximum atomic E-state index is 8.95. The number of methoxy groups -OCH3 is 1. The molecule has 0 aliphatic rings. The lowest BCUT2D eigenvalue weighted by Crippen LogP contribution is -1.68. The highest BCUT2D eigenvalue weighted by atomic mass is 16.5. The number of aliphatic hydroxyl groups is 1. The second-order valence-electron chi connectivity index (χ2n) is 0.415. The Labute approximate surface area is 52.2 Å². The van der Waals surface area contributed by atoms with E-state index in [1.54, 1.807) is 0 Å². The monoisotopic (exact) mass is 136 g/mol. The summed E-state index contributed by atoms with van der Waals surface area (Å²) in [6.45, 7) is 0.375. The van der Waals surface area contributed by atoms with Crippen LogP contribution in [0.3, 0.4) is 0 Å². The summed E-state index contributed by atoms with van der Waals surface area (Å²) in [4.78, 5) is 25.2. The molecule has 0 aromatic rings. The van der Waals surface area contributed by atoms with Crippen molar-refractivity contribution < 1.29 is 24.2 Å². The lowest BCUT2D eigenvalue weighted by Gasteiger charge is -1.67. The van der Waals surface area contributed by atoms with Gasteiger partial charge in [0.05, 0.1) is 7.11 Å². The smallest absolute Gasteiger partial charge is 0.373 e. The molecule has 5 heteroatoms. The van der Waals surface area contributed by atoms with E-state index in [-0.39, 0.29) is 6.15 Å². The lowest BCUT2D eigenvalue weighted by atomic mass is 11.5. The Hall–Kier alpha value is -1.19. The van der Waals surface area contributed by atoms with Crippen molar-refractivity contribution in [1.29, 1.82) is 0 Å². The van der Waals surface area contributed by atoms with Gasteiger partial charge in [-0.3, -0.25) is 4.79 Å². The van der Waals surface area contributed by atoms with Gasteiger partial charge in [-0.05, 0) is 0 Å². The molecular weight excluding hydrogens is 128 g/mol. The minimum Gasteiger partial charge on any atom is -0.471 e. The molecule has 0 amide bonds. The predicted octanol–water partition coefficient (Wildman–Crippen LogP) is -1.19. The van der Waals surface area contributed by atoms with Crippen molar-refractivity contribution in [1.82, 2.24) is 0 Å². The van der Waals surface area contributed by atoms with Gasteiger partial charge in [-0.25, -0.2) is 0 Å². The van der Waals surface area contributed by atoms with Crippen LogP contribution in [0.25, 0.3) is 0 Å². The standard InChI is InChI=1S/C2H4O2.CO2.CH4O/c1-4-2-3;2-1-3;1-2/h2H,1H3;;2H,1H3. The fourth-order valence-electron chi connectivity index (χ4n) is 0. The largest absolute Gasteiger partial charge is 0.471 e. The van der Waals surface area contributed by atoms with Gasteiger partial charge in [0.15, 0.2) is 0 Å². The van der Waals surface area contributed by atoms with E-state index in [0.717, 1.165) is 7.11 Å². The van der Waals surface area contributed by atoms with Crippen LogP contribution >= 0.6 is 0 Å². The Morgan fingerprint density at radius 1 is 1.44 bits per heavy atom. The highest BCUT2D eigenvalue weighted by molar-refractivity contribution is 5.36. The number of hydrogen-bond donors (Lipinski definition) is 1. The van der Waals surface area contributed by atoms with Crippen LogP contribution in [-0.2, 0) is 19.1 Å². The molecule has 5 nitrogen and oxygen atoms in total. The third-order valence-corrected chi connectivity index (χ3v) is 0.0962. The maximum Gasteiger partial charge on any atom is 0.373 e. The molecule has 0 aromatic heterocycles. The third-order valence-electron chi connectivity index (χ3n) is 0.0962. The molecule has 0 aliphatic carbocycles. The van der Waals surface area contributed by atoms with Crippen LogP contribution in [0, 0.1) is 0 Å². The minimum absolute atomic E-state index is 0.250. The second-order valence-corrected chi connectivity index (χ2v) is 0.415. The molecule has 0 heterocycles. The van der Waals surface area contributed by atoms with E-state index >= 15 is 0 Å². The Balaban J connectivity index is -0.0000000646. The van der Waals surface area contributed by atoms with Gasteiger partial charge in [-0.2, -0.15) is 9.59 Å². The molecule has 0 rings (SSSR count). The van der Waals surface area contributed by atoms with Gasteiger partial charge >= 0.3 is 6.15 Å². The quantitative estimate of drug-likeness (QED) is 0.458. The van der Waals surface area contributed by atoms with Crippen molar-refractivity contribution in [2.24, 2.45) is 0 Å². The zero-order chi connectivity index (χ0) is 8.12.